The second kappa shape index (κ2) is 11.9. The predicted molar refractivity (Wildman–Crippen MR) is 146 cm³/mol. The van der Waals surface area contributed by atoms with Crippen LogP contribution in [-0.2, 0) is 14.4 Å². The van der Waals surface area contributed by atoms with Gasteiger partial charge in [-0.2, -0.15) is 0 Å². The minimum absolute atomic E-state index is 0.232. The van der Waals surface area contributed by atoms with Crippen molar-refractivity contribution in [2.75, 3.05) is 23.4 Å². The fourth-order valence-electron chi connectivity index (χ4n) is 3.66. The molecule has 39 heavy (non-hydrogen) atoms. The summed E-state index contributed by atoms with van der Waals surface area (Å²) >= 11 is 3.41. The molecule has 0 bridgehead atoms. The first-order chi connectivity index (χ1) is 18.7. The van der Waals surface area contributed by atoms with Crippen molar-refractivity contribution >= 4 is 57.1 Å². The van der Waals surface area contributed by atoms with Crippen molar-refractivity contribution < 1.29 is 33.0 Å². The molecule has 9 nitrogen and oxygen atoms in total. The van der Waals surface area contributed by atoms with Gasteiger partial charge in [-0.1, -0.05) is 33.6 Å². The normalized spacial score (nSPS) is 14.3. The first-order valence-corrected chi connectivity index (χ1v) is 12.6. The molecule has 1 aliphatic heterocycles. The van der Waals surface area contributed by atoms with Gasteiger partial charge in [0.25, 0.3) is 17.7 Å². The van der Waals surface area contributed by atoms with Crippen molar-refractivity contribution in [3.63, 3.8) is 0 Å². The number of ether oxygens (including phenoxy) is 2. The number of imide groups is 2. The van der Waals surface area contributed by atoms with Crippen LogP contribution in [-0.4, -0.2) is 37.0 Å². The molecule has 3 aromatic carbocycles. The van der Waals surface area contributed by atoms with Crippen LogP contribution in [0.5, 0.6) is 11.5 Å². The average molecular weight is 596 g/mol. The van der Waals surface area contributed by atoms with E-state index in [1.807, 2.05) is 6.92 Å². The van der Waals surface area contributed by atoms with Gasteiger partial charge in [0.1, 0.15) is 11.4 Å². The quantitative estimate of drug-likeness (QED) is 0.280. The Morgan fingerprint density at radius 2 is 1.69 bits per heavy atom. The molecular formula is C28H23BrFN3O6. The van der Waals surface area contributed by atoms with Crippen LogP contribution in [0.3, 0.4) is 0 Å². The van der Waals surface area contributed by atoms with Crippen LogP contribution in [0.4, 0.5) is 20.6 Å². The van der Waals surface area contributed by atoms with Gasteiger partial charge in [-0.15, -0.1) is 0 Å². The van der Waals surface area contributed by atoms with Gasteiger partial charge in [0.15, 0.2) is 18.1 Å². The third-order valence-electron chi connectivity index (χ3n) is 5.54. The number of anilines is 2. The van der Waals surface area contributed by atoms with Crippen LogP contribution in [0.1, 0.15) is 18.1 Å². The lowest BCUT2D eigenvalue weighted by atomic mass is 10.1. The molecule has 3 aromatic rings. The number of hydrogen-bond donors (Lipinski definition) is 2. The number of carbonyl (C=O) groups is 4. The fraction of sp³-hybridized carbons (Fsp3) is 0.143. The molecule has 0 aromatic heterocycles. The Kier molecular flexibility index (Phi) is 8.40. The average Bonchev–Trinajstić information content (AvgIpc) is 2.89. The van der Waals surface area contributed by atoms with Crippen LogP contribution in [0.25, 0.3) is 6.08 Å². The Morgan fingerprint density at radius 1 is 1.03 bits per heavy atom. The summed E-state index contributed by atoms with van der Waals surface area (Å²) in [7, 11) is 0. The Bertz CT molecular complexity index is 1470. The summed E-state index contributed by atoms with van der Waals surface area (Å²) in [4.78, 5) is 51.5. The number of urea groups is 1. The van der Waals surface area contributed by atoms with E-state index in [0.717, 1.165) is 10.5 Å². The highest BCUT2D eigenvalue weighted by atomic mass is 79.9. The largest absolute Gasteiger partial charge is 0.490 e. The lowest BCUT2D eigenvalue weighted by Crippen LogP contribution is -2.54. The van der Waals surface area contributed by atoms with Gasteiger partial charge in [-0.25, -0.2) is 14.1 Å². The molecule has 4 rings (SSSR count). The summed E-state index contributed by atoms with van der Waals surface area (Å²) in [5.41, 5.74) is 1.81. The molecule has 1 fully saturated rings. The Hall–Kier alpha value is -4.51. The van der Waals surface area contributed by atoms with E-state index in [9.17, 15) is 23.6 Å². The summed E-state index contributed by atoms with van der Waals surface area (Å²) in [6, 6.07) is 14.3. The van der Waals surface area contributed by atoms with Crippen molar-refractivity contribution in [3.8, 4) is 11.5 Å². The van der Waals surface area contributed by atoms with E-state index in [1.165, 1.54) is 36.4 Å². The molecule has 1 saturated heterocycles. The van der Waals surface area contributed by atoms with Crippen LogP contribution < -0.4 is 25.0 Å². The summed E-state index contributed by atoms with van der Waals surface area (Å²) in [6.45, 7) is 3.54. The minimum atomic E-state index is -0.845. The smallest absolute Gasteiger partial charge is 0.335 e. The summed E-state index contributed by atoms with van der Waals surface area (Å²) in [6.07, 6.45) is 1.34. The molecule has 0 unspecified atom stereocenters. The molecule has 5 amide bonds. The zero-order chi connectivity index (χ0) is 28.1. The molecule has 0 spiro atoms. The number of halogens is 2. The van der Waals surface area contributed by atoms with E-state index in [-0.39, 0.29) is 30.3 Å². The highest BCUT2D eigenvalue weighted by Crippen LogP contribution is 2.35. The van der Waals surface area contributed by atoms with Gasteiger partial charge < -0.3 is 14.8 Å². The number of hydrogen-bond acceptors (Lipinski definition) is 6. The summed E-state index contributed by atoms with van der Waals surface area (Å²) in [5.74, 6) is -2.02. The zero-order valence-electron chi connectivity index (χ0n) is 20.9. The van der Waals surface area contributed by atoms with Crippen LogP contribution in [0, 0.1) is 12.7 Å². The number of nitrogens with zero attached hydrogens (tertiary/aromatic N) is 1. The number of carbonyl (C=O) groups excluding carboxylic acids is 4. The number of amides is 5. The molecule has 1 heterocycles. The van der Waals surface area contributed by atoms with Gasteiger partial charge in [-0.05, 0) is 74.0 Å². The van der Waals surface area contributed by atoms with E-state index < -0.39 is 29.6 Å². The number of nitrogens with one attached hydrogen (secondary N) is 2. The van der Waals surface area contributed by atoms with E-state index in [4.69, 9.17) is 9.47 Å². The van der Waals surface area contributed by atoms with Crippen LogP contribution >= 0.6 is 15.9 Å². The Morgan fingerprint density at radius 3 is 2.36 bits per heavy atom. The molecule has 1 aliphatic rings. The van der Waals surface area contributed by atoms with Gasteiger partial charge in [0.2, 0.25) is 0 Å². The Labute approximate surface area is 231 Å². The maximum Gasteiger partial charge on any atom is 0.335 e. The minimum Gasteiger partial charge on any atom is -0.490 e. The van der Waals surface area contributed by atoms with Crippen molar-refractivity contribution in [2.45, 2.75) is 13.8 Å². The molecule has 200 valence electrons. The second-order valence-electron chi connectivity index (χ2n) is 8.39. The predicted octanol–water partition coefficient (Wildman–Crippen LogP) is 4.98. The van der Waals surface area contributed by atoms with E-state index in [1.54, 1.807) is 37.3 Å². The summed E-state index contributed by atoms with van der Waals surface area (Å²) in [5, 5.41) is 4.79. The maximum absolute atomic E-state index is 13.2. The van der Waals surface area contributed by atoms with Gasteiger partial charge >= 0.3 is 6.03 Å². The number of barbiturate groups is 1. The zero-order valence-corrected chi connectivity index (χ0v) is 22.5. The van der Waals surface area contributed by atoms with Gasteiger partial charge in [0.05, 0.1) is 12.3 Å². The molecular weight excluding hydrogens is 573 g/mol. The molecule has 0 aliphatic carbocycles. The maximum atomic E-state index is 13.2. The lowest BCUT2D eigenvalue weighted by molar-refractivity contribution is -0.122. The van der Waals surface area contributed by atoms with E-state index in [0.29, 0.717) is 21.4 Å². The van der Waals surface area contributed by atoms with Crippen molar-refractivity contribution in [1.29, 1.82) is 0 Å². The SMILES string of the molecule is CCOc1cc(/C=C2\C(=O)NC(=O)N(c3ccc(C)cc3)C2=O)c(Br)cc1OCC(=O)Nc1ccc(F)cc1. The number of benzene rings is 3. The standard InChI is InChI=1S/C28H23BrFN3O6/c1-3-38-23-13-17(22(29)14-24(23)39-15-25(34)31-19-8-6-18(30)7-9-19)12-21-26(35)32-28(37)33(27(21)36)20-10-4-16(2)5-11-20/h4-14H,3,15H2,1-2H3,(H,31,34)(H,32,35,37)/b21-12+. The molecule has 0 saturated carbocycles. The highest BCUT2D eigenvalue weighted by molar-refractivity contribution is 9.10. The highest BCUT2D eigenvalue weighted by Gasteiger charge is 2.37. The fourth-order valence-corrected chi connectivity index (χ4v) is 4.09. The van der Waals surface area contributed by atoms with Crippen molar-refractivity contribution in [1.82, 2.24) is 5.32 Å². The Balaban J connectivity index is 1.57. The van der Waals surface area contributed by atoms with Crippen LogP contribution in [0.2, 0.25) is 0 Å². The van der Waals surface area contributed by atoms with Crippen molar-refractivity contribution in [2.24, 2.45) is 0 Å². The monoisotopic (exact) mass is 595 g/mol. The summed E-state index contributed by atoms with van der Waals surface area (Å²) < 4.78 is 24.8. The second-order valence-corrected chi connectivity index (χ2v) is 9.24. The van der Waals surface area contributed by atoms with Gasteiger partial charge in [0, 0.05) is 10.2 Å². The van der Waals surface area contributed by atoms with Crippen LogP contribution in [0.15, 0.2) is 70.7 Å². The molecule has 0 atom stereocenters. The molecule has 0 radical (unpaired) electrons. The third-order valence-corrected chi connectivity index (χ3v) is 6.23. The lowest BCUT2D eigenvalue weighted by Gasteiger charge is -2.26. The number of rotatable bonds is 8. The first-order valence-electron chi connectivity index (χ1n) is 11.8. The van der Waals surface area contributed by atoms with Crippen molar-refractivity contribution in [3.05, 3.63) is 87.7 Å². The first kappa shape index (κ1) is 27.5. The third kappa shape index (κ3) is 6.50. The molecule has 11 heteroatoms. The van der Waals surface area contributed by atoms with E-state index >= 15 is 0 Å². The number of aryl methyl sites for hydroxylation is 1. The molecule has 2 N–H and O–H groups in total. The van der Waals surface area contributed by atoms with Gasteiger partial charge in [-0.3, -0.25) is 19.7 Å². The van der Waals surface area contributed by atoms with E-state index in [2.05, 4.69) is 26.6 Å². The topological polar surface area (TPSA) is 114 Å².